The lowest BCUT2D eigenvalue weighted by Crippen LogP contribution is -2.57. The predicted molar refractivity (Wildman–Crippen MR) is 124 cm³/mol. The predicted octanol–water partition coefficient (Wildman–Crippen LogP) is 2.62. The highest BCUT2D eigenvalue weighted by Gasteiger charge is 2.41. The average molecular weight is 477 g/mol. The summed E-state index contributed by atoms with van der Waals surface area (Å²) in [5, 5.41) is 7.97. The number of hydrogen-bond donors (Lipinski definition) is 2. The van der Waals surface area contributed by atoms with E-state index >= 15 is 0 Å². The first-order chi connectivity index (χ1) is 15.4. The van der Waals surface area contributed by atoms with Crippen molar-refractivity contribution < 1.29 is 28.7 Å². The Labute approximate surface area is 196 Å². The molecule has 0 spiro atoms. The molecule has 0 aliphatic carbocycles. The molecular weight excluding hydrogens is 448 g/mol. The van der Waals surface area contributed by atoms with Crippen LogP contribution in [-0.2, 0) is 35.3 Å². The Bertz CT molecular complexity index is 1010. The SMILES string of the molecule is CCOC(=O)/C(=N\OCc1ccccc1)c1csc(NC(=O)[C@](C)(N)C(=O)OC(C)(C)C)n1. The Morgan fingerprint density at radius 1 is 1.15 bits per heavy atom. The summed E-state index contributed by atoms with van der Waals surface area (Å²) in [5.74, 6) is -2.42. The van der Waals surface area contributed by atoms with Crippen LogP contribution in [-0.4, -0.2) is 46.3 Å². The molecule has 0 saturated carbocycles. The highest BCUT2D eigenvalue weighted by molar-refractivity contribution is 7.14. The van der Waals surface area contributed by atoms with Gasteiger partial charge in [0.2, 0.25) is 5.71 Å². The molecule has 1 atom stereocenters. The van der Waals surface area contributed by atoms with Gasteiger partial charge in [0.15, 0.2) is 10.7 Å². The largest absolute Gasteiger partial charge is 0.461 e. The number of nitrogens with one attached hydrogen (secondary N) is 1. The summed E-state index contributed by atoms with van der Waals surface area (Å²) in [6.07, 6.45) is 0. The van der Waals surface area contributed by atoms with Gasteiger partial charge in [-0.05, 0) is 40.2 Å². The minimum Gasteiger partial charge on any atom is -0.461 e. The first-order valence-corrected chi connectivity index (χ1v) is 11.0. The summed E-state index contributed by atoms with van der Waals surface area (Å²) in [6, 6.07) is 9.28. The molecule has 1 heterocycles. The number of rotatable bonds is 9. The zero-order chi connectivity index (χ0) is 24.6. The highest BCUT2D eigenvalue weighted by Crippen LogP contribution is 2.20. The van der Waals surface area contributed by atoms with Gasteiger partial charge in [-0.25, -0.2) is 14.6 Å². The van der Waals surface area contributed by atoms with Crippen molar-refractivity contribution in [1.29, 1.82) is 0 Å². The zero-order valence-electron chi connectivity index (χ0n) is 19.2. The minimum absolute atomic E-state index is 0.107. The fraction of sp³-hybridized carbons (Fsp3) is 0.409. The molecule has 178 valence electrons. The fourth-order valence-corrected chi connectivity index (χ4v) is 2.97. The molecule has 1 aromatic heterocycles. The molecular formula is C22H28N4O6S. The van der Waals surface area contributed by atoms with Crippen LogP contribution < -0.4 is 11.1 Å². The summed E-state index contributed by atoms with van der Waals surface area (Å²) in [7, 11) is 0. The van der Waals surface area contributed by atoms with Gasteiger partial charge in [-0.3, -0.25) is 10.1 Å². The number of esters is 2. The maximum Gasteiger partial charge on any atom is 0.362 e. The van der Waals surface area contributed by atoms with Crippen LogP contribution in [0.3, 0.4) is 0 Å². The van der Waals surface area contributed by atoms with E-state index in [1.165, 1.54) is 12.3 Å². The molecule has 11 heteroatoms. The van der Waals surface area contributed by atoms with Crippen molar-refractivity contribution in [2.45, 2.75) is 52.4 Å². The number of carbonyl (C=O) groups is 3. The first kappa shape index (κ1) is 25.9. The smallest absolute Gasteiger partial charge is 0.362 e. The Balaban J connectivity index is 2.15. The Morgan fingerprint density at radius 3 is 2.42 bits per heavy atom. The molecule has 33 heavy (non-hydrogen) atoms. The molecule has 0 saturated heterocycles. The van der Waals surface area contributed by atoms with Gasteiger partial charge in [0.05, 0.1) is 6.61 Å². The fourth-order valence-electron chi connectivity index (χ4n) is 2.28. The van der Waals surface area contributed by atoms with Gasteiger partial charge < -0.3 is 20.0 Å². The van der Waals surface area contributed by atoms with E-state index < -0.39 is 29.0 Å². The van der Waals surface area contributed by atoms with Crippen molar-refractivity contribution in [2.24, 2.45) is 10.9 Å². The molecule has 1 aromatic carbocycles. The number of carbonyl (C=O) groups excluding carboxylic acids is 3. The van der Waals surface area contributed by atoms with Crippen LogP contribution in [0.1, 0.15) is 45.9 Å². The molecule has 0 unspecified atom stereocenters. The molecule has 1 amide bonds. The van der Waals surface area contributed by atoms with E-state index in [4.69, 9.17) is 20.0 Å². The standard InChI is InChI=1S/C22H28N4O6S/c1-6-30-17(27)16(26-31-12-14-10-8-7-9-11-14)15-13-33-20(24-15)25-18(28)22(5,23)19(29)32-21(2,3)4/h7-11,13H,6,12,23H2,1-5H3,(H,24,25,28)/b26-16-/t22-/m0/s1. The second kappa shape index (κ2) is 11.0. The quantitative estimate of drug-likeness (QED) is 0.243. The van der Waals surface area contributed by atoms with E-state index in [1.54, 1.807) is 27.7 Å². The second-order valence-electron chi connectivity index (χ2n) is 8.12. The lowest BCUT2D eigenvalue weighted by molar-refractivity contribution is -0.162. The molecule has 0 bridgehead atoms. The maximum atomic E-state index is 12.6. The van der Waals surface area contributed by atoms with Crippen molar-refractivity contribution >= 4 is 40.0 Å². The maximum absolute atomic E-state index is 12.6. The summed E-state index contributed by atoms with van der Waals surface area (Å²) in [6.45, 7) is 8.18. The molecule has 2 aromatic rings. The van der Waals surface area contributed by atoms with Crippen LogP contribution in [0.5, 0.6) is 0 Å². The lowest BCUT2D eigenvalue weighted by Gasteiger charge is -2.27. The van der Waals surface area contributed by atoms with Gasteiger partial charge in [-0.1, -0.05) is 35.5 Å². The molecule has 10 nitrogen and oxygen atoms in total. The second-order valence-corrected chi connectivity index (χ2v) is 8.97. The van der Waals surface area contributed by atoms with Crippen molar-refractivity contribution in [1.82, 2.24) is 4.98 Å². The number of anilines is 1. The van der Waals surface area contributed by atoms with Gasteiger partial charge in [0.1, 0.15) is 17.9 Å². The Hall–Kier alpha value is -3.31. The van der Waals surface area contributed by atoms with Crippen molar-refractivity contribution in [3.8, 4) is 0 Å². The van der Waals surface area contributed by atoms with Crippen LogP contribution in [0.2, 0.25) is 0 Å². The van der Waals surface area contributed by atoms with Crippen molar-refractivity contribution in [3.05, 3.63) is 47.0 Å². The van der Waals surface area contributed by atoms with Crippen molar-refractivity contribution in [3.63, 3.8) is 0 Å². The van der Waals surface area contributed by atoms with Gasteiger partial charge in [-0.2, -0.15) is 0 Å². The van der Waals surface area contributed by atoms with Gasteiger partial charge in [0, 0.05) is 5.38 Å². The monoisotopic (exact) mass is 476 g/mol. The molecule has 0 radical (unpaired) electrons. The molecule has 3 N–H and O–H groups in total. The van der Waals surface area contributed by atoms with Crippen LogP contribution in [0.25, 0.3) is 0 Å². The van der Waals surface area contributed by atoms with Gasteiger partial charge in [-0.15, -0.1) is 11.3 Å². The van der Waals surface area contributed by atoms with Gasteiger partial charge in [0.25, 0.3) is 5.91 Å². The number of aromatic nitrogens is 1. The summed E-state index contributed by atoms with van der Waals surface area (Å²) in [5.41, 5.74) is 3.99. The third-order valence-corrected chi connectivity index (χ3v) is 4.72. The Kier molecular flexibility index (Phi) is 8.66. The summed E-state index contributed by atoms with van der Waals surface area (Å²) < 4.78 is 10.2. The molecule has 0 aliphatic rings. The zero-order valence-corrected chi connectivity index (χ0v) is 20.0. The van der Waals surface area contributed by atoms with Crippen LogP contribution >= 0.6 is 11.3 Å². The van der Waals surface area contributed by atoms with Crippen LogP contribution in [0, 0.1) is 0 Å². The van der Waals surface area contributed by atoms with E-state index in [1.807, 2.05) is 30.3 Å². The normalized spacial score (nSPS) is 13.6. The van der Waals surface area contributed by atoms with Gasteiger partial charge >= 0.3 is 11.9 Å². The number of benzene rings is 1. The number of ether oxygens (including phenoxy) is 2. The minimum atomic E-state index is -1.95. The Morgan fingerprint density at radius 2 is 1.82 bits per heavy atom. The first-order valence-electron chi connectivity index (χ1n) is 10.1. The summed E-state index contributed by atoms with van der Waals surface area (Å²) in [4.78, 5) is 46.8. The number of amides is 1. The van der Waals surface area contributed by atoms with E-state index in [0.717, 1.165) is 16.9 Å². The number of nitrogens with zero attached hydrogens (tertiary/aromatic N) is 2. The molecule has 0 fully saturated rings. The number of nitrogens with two attached hydrogens (primary N) is 1. The van der Waals surface area contributed by atoms with E-state index in [0.29, 0.717) is 0 Å². The summed E-state index contributed by atoms with van der Waals surface area (Å²) >= 11 is 1.02. The van der Waals surface area contributed by atoms with E-state index in [9.17, 15) is 14.4 Å². The number of hydrogen-bond acceptors (Lipinski definition) is 10. The lowest BCUT2D eigenvalue weighted by atomic mass is 10.0. The van der Waals surface area contributed by atoms with Crippen LogP contribution in [0.15, 0.2) is 40.9 Å². The van der Waals surface area contributed by atoms with Crippen LogP contribution in [0.4, 0.5) is 5.13 Å². The number of thiazole rings is 1. The highest BCUT2D eigenvalue weighted by atomic mass is 32.1. The third kappa shape index (κ3) is 7.65. The topological polar surface area (TPSA) is 142 Å². The molecule has 2 rings (SSSR count). The van der Waals surface area contributed by atoms with Crippen molar-refractivity contribution in [2.75, 3.05) is 11.9 Å². The third-order valence-electron chi connectivity index (χ3n) is 3.96. The van der Waals surface area contributed by atoms with E-state index in [-0.39, 0.29) is 29.8 Å². The average Bonchev–Trinajstić information content (AvgIpc) is 3.18. The number of oxime groups is 1. The van der Waals surface area contributed by atoms with E-state index in [2.05, 4.69) is 15.5 Å². The molecule has 0 aliphatic heterocycles.